The van der Waals surface area contributed by atoms with Crippen molar-refractivity contribution in [3.63, 3.8) is 0 Å². The SMILES string of the molecule is COc1ccc(/C=N/NC(=O)Nc2nnc(-c3ccc(O)cc3)s2)cc1. The lowest BCUT2D eigenvalue weighted by Gasteiger charge is -2.00. The first-order chi connectivity index (χ1) is 12.6. The highest BCUT2D eigenvalue weighted by Crippen LogP contribution is 2.27. The van der Waals surface area contributed by atoms with E-state index in [0.717, 1.165) is 16.9 Å². The molecule has 0 saturated heterocycles. The maximum Gasteiger partial charge on any atom is 0.341 e. The van der Waals surface area contributed by atoms with Crippen LogP contribution in [-0.2, 0) is 0 Å². The largest absolute Gasteiger partial charge is 0.508 e. The maximum absolute atomic E-state index is 11.8. The van der Waals surface area contributed by atoms with Crippen LogP contribution in [0.2, 0.25) is 0 Å². The van der Waals surface area contributed by atoms with Gasteiger partial charge in [0.25, 0.3) is 0 Å². The minimum absolute atomic E-state index is 0.172. The zero-order valence-electron chi connectivity index (χ0n) is 13.7. The molecule has 0 fully saturated rings. The predicted molar refractivity (Wildman–Crippen MR) is 99.8 cm³/mol. The van der Waals surface area contributed by atoms with Crippen molar-refractivity contribution in [1.82, 2.24) is 15.6 Å². The summed E-state index contributed by atoms with van der Waals surface area (Å²) in [4.78, 5) is 11.8. The third-order valence-corrected chi connectivity index (χ3v) is 4.14. The van der Waals surface area contributed by atoms with Crippen LogP contribution in [0.3, 0.4) is 0 Å². The number of methoxy groups -OCH3 is 1. The number of benzene rings is 2. The second-order valence-corrected chi connectivity index (χ2v) is 6.03. The number of aromatic hydroxyl groups is 1. The fourth-order valence-corrected chi connectivity index (χ4v) is 2.72. The van der Waals surface area contributed by atoms with Gasteiger partial charge in [0, 0.05) is 5.56 Å². The number of ether oxygens (including phenoxy) is 1. The van der Waals surface area contributed by atoms with Crippen molar-refractivity contribution in [1.29, 1.82) is 0 Å². The van der Waals surface area contributed by atoms with Crippen molar-refractivity contribution in [3.8, 4) is 22.1 Å². The molecule has 0 bridgehead atoms. The molecule has 8 nitrogen and oxygen atoms in total. The Hall–Kier alpha value is -3.46. The second kappa shape index (κ2) is 8.08. The van der Waals surface area contributed by atoms with Gasteiger partial charge >= 0.3 is 6.03 Å². The molecule has 0 atom stereocenters. The van der Waals surface area contributed by atoms with E-state index >= 15 is 0 Å². The molecule has 26 heavy (non-hydrogen) atoms. The summed E-state index contributed by atoms with van der Waals surface area (Å²) in [6.45, 7) is 0. The Kier molecular flexibility index (Phi) is 5.40. The molecule has 0 spiro atoms. The zero-order valence-corrected chi connectivity index (χ0v) is 14.5. The van der Waals surface area contributed by atoms with Crippen LogP contribution in [0, 0.1) is 0 Å². The maximum atomic E-state index is 11.8. The lowest BCUT2D eigenvalue weighted by atomic mass is 10.2. The van der Waals surface area contributed by atoms with Gasteiger partial charge in [-0.05, 0) is 54.1 Å². The summed E-state index contributed by atoms with van der Waals surface area (Å²) in [5.74, 6) is 0.916. The number of phenols is 1. The summed E-state index contributed by atoms with van der Waals surface area (Å²) < 4.78 is 5.07. The highest BCUT2D eigenvalue weighted by molar-refractivity contribution is 7.18. The van der Waals surface area contributed by atoms with Crippen LogP contribution >= 0.6 is 11.3 Å². The number of hydrogen-bond acceptors (Lipinski definition) is 7. The molecule has 2 aromatic carbocycles. The van der Waals surface area contributed by atoms with Crippen LogP contribution in [0.1, 0.15) is 5.56 Å². The van der Waals surface area contributed by atoms with Crippen molar-refractivity contribution in [2.45, 2.75) is 0 Å². The van der Waals surface area contributed by atoms with Crippen molar-refractivity contribution in [2.24, 2.45) is 5.10 Å². The van der Waals surface area contributed by atoms with E-state index in [1.807, 2.05) is 12.1 Å². The first kappa shape index (κ1) is 17.4. The number of hydrazone groups is 1. The van der Waals surface area contributed by atoms with E-state index in [2.05, 4.69) is 26.0 Å². The normalized spacial score (nSPS) is 10.7. The Morgan fingerprint density at radius 1 is 1.15 bits per heavy atom. The molecule has 1 aromatic heterocycles. The number of phenolic OH excluding ortho intramolecular Hbond substituents is 1. The van der Waals surface area contributed by atoms with E-state index < -0.39 is 6.03 Å². The third-order valence-electron chi connectivity index (χ3n) is 3.26. The van der Waals surface area contributed by atoms with Crippen LogP contribution in [0.25, 0.3) is 10.6 Å². The van der Waals surface area contributed by atoms with E-state index in [1.54, 1.807) is 43.5 Å². The van der Waals surface area contributed by atoms with E-state index in [-0.39, 0.29) is 5.75 Å². The number of carbonyl (C=O) groups excluding carboxylic acids is 1. The van der Waals surface area contributed by atoms with Crippen LogP contribution < -0.4 is 15.5 Å². The predicted octanol–water partition coefficient (Wildman–Crippen LogP) is 3.07. The number of aromatic nitrogens is 2. The average molecular weight is 369 g/mol. The monoisotopic (exact) mass is 369 g/mol. The van der Waals surface area contributed by atoms with Gasteiger partial charge < -0.3 is 9.84 Å². The van der Waals surface area contributed by atoms with Gasteiger partial charge in [0.15, 0.2) is 0 Å². The van der Waals surface area contributed by atoms with Crippen molar-refractivity contribution in [3.05, 3.63) is 54.1 Å². The Bertz CT molecular complexity index is 907. The molecular formula is C17H15N5O3S. The molecule has 9 heteroatoms. The molecule has 0 saturated carbocycles. The average Bonchev–Trinajstić information content (AvgIpc) is 3.11. The molecule has 1 heterocycles. The van der Waals surface area contributed by atoms with Crippen LogP contribution in [0.15, 0.2) is 53.6 Å². The Morgan fingerprint density at radius 3 is 2.58 bits per heavy atom. The lowest BCUT2D eigenvalue weighted by Crippen LogP contribution is -2.24. The fourth-order valence-electron chi connectivity index (χ4n) is 1.97. The fraction of sp³-hybridized carbons (Fsp3) is 0.0588. The molecule has 3 aromatic rings. The van der Waals surface area contributed by atoms with Gasteiger partial charge in [-0.15, -0.1) is 10.2 Å². The highest BCUT2D eigenvalue weighted by Gasteiger charge is 2.09. The summed E-state index contributed by atoms with van der Waals surface area (Å²) in [5.41, 5.74) is 3.97. The standard InChI is InChI=1S/C17H15N5O3S/c1-25-14-8-2-11(3-9-14)10-18-21-16(24)19-17-22-20-15(26-17)12-4-6-13(23)7-5-12/h2-10,23H,1H3,(H2,19,21,22,24)/b18-10+. The minimum Gasteiger partial charge on any atom is -0.508 e. The molecule has 3 N–H and O–H groups in total. The molecule has 3 rings (SSSR count). The van der Waals surface area contributed by atoms with Gasteiger partial charge in [-0.25, -0.2) is 10.2 Å². The Morgan fingerprint density at radius 2 is 1.88 bits per heavy atom. The molecule has 0 aliphatic rings. The second-order valence-electron chi connectivity index (χ2n) is 5.06. The number of carbonyl (C=O) groups is 1. The van der Waals surface area contributed by atoms with E-state index in [9.17, 15) is 9.90 Å². The highest BCUT2D eigenvalue weighted by atomic mass is 32.1. The lowest BCUT2D eigenvalue weighted by molar-refractivity contribution is 0.252. The summed E-state index contributed by atoms with van der Waals surface area (Å²) in [6, 6.07) is 13.3. The minimum atomic E-state index is -0.525. The van der Waals surface area contributed by atoms with E-state index in [0.29, 0.717) is 10.1 Å². The Labute approximate surface area is 153 Å². The van der Waals surface area contributed by atoms with Gasteiger partial charge in [-0.3, -0.25) is 5.32 Å². The molecule has 132 valence electrons. The topological polar surface area (TPSA) is 109 Å². The third kappa shape index (κ3) is 4.54. The summed E-state index contributed by atoms with van der Waals surface area (Å²) in [5, 5.41) is 24.6. The number of rotatable bonds is 5. The molecule has 2 amide bonds. The molecule has 0 aliphatic carbocycles. The molecule has 0 unspecified atom stereocenters. The smallest absolute Gasteiger partial charge is 0.341 e. The van der Waals surface area contributed by atoms with Gasteiger partial charge in [0.05, 0.1) is 13.3 Å². The van der Waals surface area contributed by atoms with Crippen LogP contribution in [0.5, 0.6) is 11.5 Å². The quantitative estimate of drug-likeness (QED) is 0.473. The van der Waals surface area contributed by atoms with Crippen molar-refractivity contribution in [2.75, 3.05) is 12.4 Å². The number of nitrogens with zero attached hydrogens (tertiary/aromatic N) is 3. The number of amides is 2. The zero-order chi connectivity index (χ0) is 18.4. The number of urea groups is 1. The van der Waals surface area contributed by atoms with Gasteiger partial charge in [-0.1, -0.05) is 11.3 Å². The number of hydrogen-bond donors (Lipinski definition) is 3. The first-order valence-corrected chi connectivity index (χ1v) is 8.33. The number of anilines is 1. The summed E-state index contributed by atoms with van der Waals surface area (Å²) in [7, 11) is 1.59. The van der Waals surface area contributed by atoms with E-state index in [1.165, 1.54) is 17.6 Å². The summed E-state index contributed by atoms with van der Waals surface area (Å²) in [6.07, 6.45) is 1.51. The van der Waals surface area contributed by atoms with Crippen molar-refractivity contribution < 1.29 is 14.6 Å². The molecule has 0 aliphatic heterocycles. The molecule has 0 radical (unpaired) electrons. The Balaban J connectivity index is 1.54. The first-order valence-electron chi connectivity index (χ1n) is 7.51. The number of nitrogens with one attached hydrogen (secondary N) is 2. The van der Waals surface area contributed by atoms with Gasteiger partial charge in [0.1, 0.15) is 16.5 Å². The van der Waals surface area contributed by atoms with Crippen LogP contribution in [-0.4, -0.2) is 34.7 Å². The molecular weight excluding hydrogens is 354 g/mol. The summed E-state index contributed by atoms with van der Waals surface area (Å²) >= 11 is 1.21. The van der Waals surface area contributed by atoms with Crippen molar-refractivity contribution >= 4 is 28.7 Å². The van der Waals surface area contributed by atoms with Crippen LogP contribution in [0.4, 0.5) is 9.93 Å². The van der Waals surface area contributed by atoms with E-state index in [4.69, 9.17) is 4.74 Å². The van der Waals surface area contributed by atoms with Gasteiger partial charge in [-0.2, -0.15) is 5.10 Å². The van der Waals surface area contributed by atoms with Gasteiger partial charge in [0.2, 0.25) is 5.13 Å².